The summed E-state index contributed by atoms with van der Waals surface area (Å²) in [5, 5.41) is 5.74. The first kappa shape index (κ1) is 22.6. The van der Waals surface area contributed by atoms with Gasteiger partial charge in [-0.3, -0.25) is 9.59 Å². The third-order valence-electron chi connectivity index (χ3n) is 5.09. The molecule has 3 rings (SSSR count). The predicted molar refractivity (Wildman–Crippen MR) is 130 cm³/mol. The number of anilines is 2. The Balaban J connectivity index is 1.67. The van der Waals surface area contributed by atoms with Crippen molar-refractivity contribution in [1.29, 1.82) is 0 Å². The van der Waals surface area contributed by atoms with Crippen molar-refractivity contribution in [2.45, 2.75) is 44.3 Å². The number of carbonyl (C=O) groups is 2. The Kier molecular flexibility index (Phi) is 7.53. The normalized spacial score (nSPS) is 11.6. The molecule has 160 valence electrons. The van der Waals surface area contributed by atoms with Gasteiger partial charge in [-0.1, -0.05) is 36.8 Å². The first-order valence-electron chi connectivity index (χ1n) is 10.4. The molecule has 31 heavy (non-hydrogen) atoms. The van der Waals surface area contributed by atoms with E-state index in [1.165, 1.54) is 17.3 Å². The van der Waals surface area contributed by atoms with Gasteiger partial charge in [-0.25, -0.2) is 0 Å². The van der Waals surface area contributed by atoms with Crippen LogP contribution >= 0.6 is 11.8 Å². The summed E-state index contributed by atoms with van der Waals surface area (Å²) < 4.78 is 0. The monoisotopic (exact) mass is 432 g/mol. The molecule has 0 aliphatic carbocycles. The molecule has 5 heteroatoms. The minimum Gasteiger partial charge on any atom is -0.325 e. The van der Waals surface area contributed by atoms with Gasteiger partial charge in [0.2, 0.25) is 5.91 Å². The van der Waals surface area contributed by atoms with Crippen LogP contribution < -0.4 is 10.6 Å². The number of hydrogen-bond donors (Lipinski definition) is 2. The maximum Gasteiger partial charge on any atom is 0.255 e. The third-order valence-corrected chi connectivity index (χ3v) is 6.45. The van der Waals surface area contributed by atoms with Crippen LogP contribution in [0, 0.1) is 20.8 Å². The molecule has 0 aromatic heterocycles. The summed E-state index contributed by atoms with van der Waals surface area (Å²) >= 11 is 1.50. The Morgan fingerprint density at radius 1 is 0.839 bits per heavy atom. The highest BCUT2D eigenvalue weighted by molar-refractivity contribution is 8.00. The van der Waals surface area contributed by atoms with E-state index in [4.69, 9.17) is 0 Å². The molecule has 0 saturated heterocycles. The fraction of sp³-hybridized carbons (Fsp3) is 0.231. The van der Waals surface area contributed by atoms with E-state index in [2.05, 4.69) is 17.6 Å². The van der Waals surface area contributed by atoms with Crippen LogP contribution in [-0.4, -0.2) is 17.1 Å². The zero-order chi connectivity index (χ0) is 22.4. The van der Waals surface area contributed by atoms with E-state index < -0.39 is 0 Å². The van der Waals surface area contributed by atoms with Gasteiger partial charge >= 0.3 is 0 Å². The van der Waals surface area contributed by atoms with Crippen LogP contribution in [0.2, 0.25) is 0 Å². The van der Waals surface area contributed by atoms with Crippen molar-refractivity contribution in [1.82, 2.24) is 0 Å². The minimum atomic E-state index is -0.232. The molecule has 1 atom stereocenters. The van der Waals surface area contributed by atoms with Gasteiger partial charge in [0.15, 0.2) is 0 Å². The Bertz CT molecular complexity index is 1090. The van der Waals surface area contributed by atoms with Gasteiger partial charge in [-0.05, 0) is 80.8 Å². The smallest absolute Gasteiger partial charge is 0.255 e. The van der Waals surface area contributed by atoms with E-state index in [0.717, 1.165) is 21.7 Å². The van der Waals surface area contributed by atoms with E-state index >= 15 is 0 Å². The van der Waals surface area contributed by atoms with Crippen LogP contribution in [-0.2, 0) is 4.79 Å². The Labute approximate surface area is 188 Å². The number of carbonyl (C=O) groups excluding carboxylic acids is 2. The van der Waals surface area contributed by atoms with Crippen LogP contribution in [0.1, 0.15) is 40.4 Å². The lowest BCUT2D eigenvalue weighted by Gasteiger charge is -2.16. The van der Waals surface area contributed by atoms with Crippen molar-refractivity contribution >= 4 is 35.0 Å². The Hall–Kier alpha value is -3.05. The lowest BCUT2D eigenvalue weighted by molar-refractivity contribution is -0.115. The summed E-state index contributed by atoms with van der Waals surface area (Å²) in [6, 6.07) is 21.0. The first-order valence-corrected chi connectivity index (χ1v) is 11.3. The molecular formula is C26H28N2O2S. The van der Waals surface area contributed by atoms with Gasteiger partial charge in [0.1, 0.15) is 0 Å². The van der Waals surface area contributed by atoms with E-state index in [0.29, 0.717) is 17.7 Å². The maximum atomic E-state index is 12.8. The van der Waals surface area contributed by atoms with Crippen molar-refractivity contribution in [2.24, 2.45) is 0 Å². The van der Waals surface area contributed by atoms with E-state index in [1.54, 1.807) is 6.07 Å². The summed E-state index contributed by atoms with van der Waals surface area (Å²) in [7, 11) is 0. The van der Waals surface area contributed by atoms with Crippen LogP contribution in [0.4, 0.5) is 11.4 Å². The van der Waals surface area contributed by atoms with Gasteiger partial charge in [0.05, 0.1) is 5.25 Å². The molecule has 0 saturated carbocycles. The lowest BCUT2D eigenvalue weighted by atomic mass is 10.1. The van der Waals surface area contributed by atoms with E-state index in [9.17, 15) is 9.59 Å². The highest BCUT2D eigenvalue weighted by atomic mass is 32.2. The van der Waals surface area contributed by atoms with Crippen LogP contribution in [0.25, 0.3) is 0 Å². The van der Waals surface area contributed by atoms with E-state index in [-0.39, 0.29) is 17.1 Å². The summed E-state index contributed by atoms with van der Waals surface area (Å²) in [6.07, 6.45) is 0.696. The molecule has 2 N–H and O–H groups in total. The van der Waals surface area contributed by atoms with Crippen molar-refractivity contribution in [3.8, 4) is 0 Å². The number of thioether (sulfide) groups is 1. The van der Waals surface area contributed by atoms with Crippen LogP contribution in [0.15, 0.2) is 71.6 Å². The number of amides is 2. The molecule has 0 radical (unpaired) electrons. The van der Waals surface area contributed by atoms with Gasteiger partial charge in [0, 0.05) is 21.8 Å². The molecule has 4 nitrogen and oxygen atoms in total. The first-order chi connectivity index (χ1) is 14.9. The SMILES string of the molecule is CCC(Sc1cccc(NC(=O)c2cccc(C)c2)c1)C(=O)Nc1ccc(C)c(C)c1. The van der Waals surface area contributed by atoms with Crippen molar-refractivity contribution < 1.29 is 9.59 Å². The molecule has 0 fully saturated rings. The van der Waals surface area contributed by atoms with Crippen LogP contribution in [0.3, 0.4) is 0 Å². The number of benzene rings is 3. The standard InChI is InChI=1S/C26H28N2O2S/c1-5-24(26(30)28-22-13-12-18(3)19(4)15-22)31-23-11-7-10-21(16-23)27-25(29)20-9-6-8-17(2)14-20/h6-16,24H,5H2,1-4H3,(H,27,29)(H,28,30). The zero-order valence-electron chi connectivity index (χ0n) is 18.4. The number of nitrogens with one attached hydrogen (secondary N) is 2. The average Bonchev–Trinajstić information content (AvgIpc) is 2.75. The topological polar surface area (TPSA) is 58.2 Å². The molecule has 0 aliphatic rings. The molecule has 1 unspecified atom stereocenters. The molecule has 0 spiro atoms. The summed E-state index contributed by atoms with van der Waals surface area (Å²) in [4.78, 5) is 26.3. The van der Waals surface area contributed by atoms with Gasteiger partial charge in [-0.15, -0.1) is 11.8 Å². The highest BCUT2D eigenvalue weighted by Crippen LogP contribution is 2.29. The third kappa shape index (κ3) is 6.22. The largest absolute Gasteiger partial charge is 0.325 e. The quantitative estimate of drug-likeness (QED) is 0.426. The minimum absolute atomic E-state index is 0.0232. The van der Waals surface area contributed by atoms with Gasteiger partial charge in [0.25, 0.3) is 5.91 Å². The second-order valence-electron chi connectivity index (χ2n) is 7.65. The second-order valence-corrected chi connectivity index (χ2v) is 8.93. The highest BCUT2D eigenvalue weighted by Gasteiger charge is 2.18. The van der Waals surface area contributed by atoms with Crippen molar-refractivity contribution in [3.63, 3.8) is 0 Å². The van der Waals surface area contributed by atoms with Crippen LogP contribution in [0.5, 0.6) is 0 Å². The van der Waals surface area contributed by atoms with Gasteiger partial charge in [-0.2, -0.15) is 0 Å². The molecule has 0 aliphatic heterocycles. The summed E-state index contributed by atoms with van der Waals surface area (Å²) in [5.41, 5.74) is 5.53. The summed E-state index contributed by atoms with van der Waals surface area (Å²) in [5.74, 6) is -0.171. The molecule has 3 aromatic rings. The molecule has 2 amide bonds. The molecule has 0 bridgehead atoms. The second kappa shape index (κ2) is 10.3. The zero-order valence-corrected chi connectivity index (χ0v) is 19.2. The fourth-order valence-electron chi connectivity index (χ4n) is 3.17. The predicted octanol–water partition coefficient (Wildman–Crippen LogP) is 6.37. The number of hydrogen-bond acceptors (Lipinski definition) is 3. The van der Waals surface area contributed by atoms with Crippen molar-refractivity contribution in [3.05, 3.63) is 89.0 Å². The van der Waals surface area contributed by atoms with Crippen molar-refractivity contribution in [2.75, 3.05) is 10.6 Å². The fourth-order valence-corrected chi connectivity index (χ4v) is 4.18. The molecule has 3 aromatic carbocycles. The van der Waals surface area contributed by atoms with Gasteiger partial charge < -0.3 is 10.6 Å². The maximum absolute atomic E-state index is 12.8. The lowest BCUT2D eigenvalue weighted by Crippen LogP contribution is -2.24. The van der Waals surface area contributed by atoms with E-state index in [1.807, 2.05) is 81.4 Å². The Morgan fingerprint density at radius 2 is 1.58 bits per heavy atom. The number of rotatable bonds is 7. The molecular weight excluding hydrogens is 404 g/mol. The molecule has 0 heterocycles. The average molecular weight is 433 g/mol. The summed E-state index contributed by atoms with van der Waals surface area (Å²) in [6.45, 7) is 8.05. The Morgan fingerprint density at radius 3 is 2.29 bits per heavy atom. The number of aryl methyl sites for hydroxylation is 3.